The molecule has 0 radical (unpaired) electrons. The summed E-state index contributed by atoms with van der Waals surface area (Å²) in [6.45, 7) is 0. The van der Waals surface area contributed by atoms with E-state index in [2.05, 4.69) is 16.0 Å². The highest BCUT2D eigenvalue weighted by molar-refractivity contribution is 6.06. The van der Waals surface area contributed by atoms with E-state index in [0.717, 1.165) is 5.69 Å². The fourth-order valence-corrected chi connectivity index (χ4v) is 2.27. The zero-order valence-electron chi connectivity index (χ0n) is 11.6. The molecular formula is C16H14FN3O2. The number of hydrogen-bond donors (Lipinski definition) is 3. The van der Waals surface area contributed by atoms with Gasteiger partial charge in [-0.25, -0.2) is 4.39 Å². The van der Waals surface area contributed by atoms with E-state index in [1.165, 1.54) is 24.3 Å². The zero-order valence-corrected chi connectivity index (χ0v) is 11.6. The van der Waals surface area contributed by atoms with Crippen LogP contribution in [0.3, 0.4) is 0 Å². The second-order valence-electron chi connectivity index (χ2n) is 4.99. The number of halogens is 1. The Bertz CT molecular complexity index is 716. The van der Waals surface area contributed by atoms with Gasteiger partial charge in [0.2, 0.25) is 11.8 Å². The van der Waals surface area contributed by atoms with Crippen molar-refractivity contribution in [3.63, 3.8) is 0 Å². The highest BCUT2D eigenvalue weighted by Crippen LogP contribution is 2.26. The van der Waals surface area contributed by atoms with Crippen molar-refractivity contribution in [2.24, 2.45) is 0 Å². The predicted molar refractivity (Wildman–Crippen MR) is 82.1 cm³/mol. The van der Waals surface area contributed by atoms with Gasteiger partial charge in [-0.05, 0) is 36.4 Å². The molecule has 22 heavy (non-hydrogen) atoms. The van der Waals surface area contributed by atoms with Crippen molar-refractivity contribution in [3.8, 4) is 0 Å². The van der Waals surface area contributed by atoms with Crippen LogP contribution in [-0.2, 0) is 9.59 Å². The van der Waals surface area contributed by atoms with Crippen molar-refractivity contribution < 1.29 is 14.0 Å². The van der Waals surface area contributed by atoms with Crippen molar-refractivity contribution in [2.45, 2.75) is 12.5 Å². The number of fused-ring (bicyclic) bond motifs is 1. The van der Waals surface area contributed by atoms with Gasteiger partial charge in [-0.3, -0.25) is 9.59 Å². The number of hydrogen-bond acceptors (Lipinski definition) is 3. The third-order valence-corrected chi connectivity index (χ3v) is 3.35. The molecular weight excluding hydrogens is 285 g/mol. The molecule has 5 nitrogen and oxygen atoms in total. The van der Waals surface area contributed by atoms with E-state index < -0.39 is 6.04 Å². The molecule has 1 atom stereocenters. The van der Waals surface area contributed by atoms with Crippen LogP contribution in [0.5, 0.6) is 0 Å². The van der Waals surface area contributed by atoms with Crippen molar-refractivity contribution in [3.05, 3.63) is 54.3 Å². The van der Waals surface area contributed by atoms with Crippen LogP contribution in [0.15, 0.2) is 48.5 Å². The number of carbonyl (C=O) groups excluding carboxylic acids is 2. The first kappa shape index (κ1) is 14.1. The summed E-state index contributed by atoms with van der Waals surface area (Å²) in [7, 11) is 0. The Morgan fingerprint density at radius 3 is 2.50 bits per heavy atom. The molecule has 0 saturated carbocycles. The number of carbonyl (C=O) groups is 2. The van der Waals surface area contributed by atoms with Gasteiger partial charge in [-0.15, -0.1) is 0 Å². The minimum absolute atomic E-state index is 0.0163. The molecule has 0 fully saturated rings. The SMILES string of the molecule is O=C(C[C@H]1Nc2ccccc2NC1=O)Nc1ccc(F)cc1. The van der Waals surface area contributed by atoms with Gasteiger partial charge < -0.3 is 16.0 Å². The van der Waals surface area contributed by atoms with Crippen LogP contribution >= 0.6 is 0 Å². The molecule has 1 heterocycles. The Hall–Kier alpha value is -2.89. The third-order valence-electron chi connectivity index (χ3n) is 3.35. The lowest BCUT2D eigenvalue weighted by molar-refractivity contribution is -0.122. The molecule has 0 spiro atoms. The largest absolute Gasteiger partial charge is 0.372 e. The molecule has 2 aromatic rings. The van der Waals surface area contributed by atoms with Gasteiger partial charge in [0, 0.05) is 5.69 Å². The zero-order chi connectivity index (χ0) is 15.5. The maximum atomic E-state index is 12.8. The second kappa shape index (κ2) is 5.85. The number of anilines is 3. The first-order valence-corrected chi connectivity index (χ1v) is 6.84. The number of rotatable bonds is 3. The monoisotopic (exact) mass is 299 g/mol. The topological polar surface area (TPSA) is 70.2 Å². The molecule has 0 aliphatic carbocycles. The molecule has 1 aliphatic rings. The van der Waals surface area contributed by atoms with Gasteiger partial charge >= 0.3 is 0 Å². The summed E-state index contributed by atoms with van der Waals surface area (Å²) in [5, 5.41) is 8.43. The van der Waals surface area contributed by atoms with Crippen LogP contribution in [0.2, 0.25) is 0 Å². The fourth-order valence-electron chi connectivity index (χ4n) is 2.27. The Morgan fingerprint density at radius 2 is 1.77 bits per heavy atom. The summed E-state index contributed by atoms with van der Waals surface area (Å²) in [6.07, 6.45) is -0.0163. The van der Waals surface area contributed by atoms with Crippen LogP contribution < -0.4 is 16.0 Å². The molecule has 6 heteroatoms. The number of amides is 2. The summed E-state index contributed by atoms with van der Waals surface area (Å²) >= 11 is 0. The molecule has 3 N–H and O–H groups in total. The van der Waals surface area contributed by atoms with Gasteiger partial charge in [-0.1, -0.05) is 12.1 Å². The maximum absolute atomic E-state index is 12.8. The molecule has 0 saturated heterocycles. The van der Waals surface area contributed by atoms with Crippen LogP contribution in [0.25, 0.3) is 0 Å². The van der Waals surface area contributed by atoms with Crippen LogP contribution in [-0.4, -0.2) is 17.9 Å². The number of nitrogens with one attached hydrogen (secondary N) is 3. The highest BCUT2D eigenvalue weighted by Gasteiger charge is 2.27. The van der Waals surface area contributed by atoms with Crippen molar-refractivity contribution >= 4 is 28.9 Å². The highest BCUT2D eigenvalue weighted by atomic mass is 19.1. The standard InChI is InChI=1S/C16H14FN3O2/c17-10-5-7-11(8-6-10)18-15(21)9-14-16(22)20-13-4-2-1-3-12(13)19-14/h1-8,14,19H,9H2,(H,18,21)(H,20,22)/t14-/m1/s1. The lowest BCUT2D eigenvalue weighted by atomic mass is 10.1. The van der Waals surface area contributed by atoms with Crippen molar-refractivity contribution in [2.75, 3.05) is 16.0 Å². The molecule has 1 aliphatic heterocycles. The van der Waals surface area contributed by atoms with E-state index in [-0.39, 0.29) is 24.1 Å². The number of benzene rings is 2. The fraction of sp³-hybridized carbons (Fsp3) is 0.125. The first-order chi connectivity index (χ1) is 10.6. The normalized spacial score (nSPS) is 16.2. The Balaban J connectivity index is 1.64. The Morgan fingerprint density at radius 1 is 1.09 bits per heavy atom. The minimum atomic E-state index is -0.643. The van der Waals surface area contributed by atoms with E-state index >= 15 is 0 Å². The van der Waals surface area contributed by atoms with Crippen LogP contribution in [0.1, 0.15) is 6.42 Å². The van der Waals surface area contributed by atoms with Gasteiger partial charge in [0.05, 0.1) is 17.8 Å². The van der Waals surface area contributed by atoms with E-state index in [0.29, 0.717) is 11.4 Å². The Labute approximate surface area is 126 Å². The minimum Gasteiger partial charge on any atom is -0.372 e. The Kier molecular flexibility index (Phi) is 3.74. The van der Waals surface area contributed by atoms with E-state index in [4.69, 9.17) is 0 Å². The van der Waals surface area contributed by atoms with Gasteiger partial charge in [0.15, 0.2) is 0 Å². The predicted octanol–water partition coefficient (Wildman–Crippen LogP) is 2.59. The first-order valence-electron chi connectivity index (χ1n) is 6.84. The molecule has 0 bridgehead atoms. The van der Waals surface area contributed by atoms with Gasteiger partial charge in [0.1, 0.15) is 11.9 Å². The van der Waals surface area contributed by atoms with Crippen molar-refractivity contribution in [1.29, 1.82) is 0 Å². The summed E-state index contributed by atoms with van der Waals surface area (Å²) in [5.41, 5.74) is 1.97. The molecule has 0 unspecified atom stereocenters. The second-order valence-corrected chi connectivity index (χ2v) is 4.99. The third kappa shape index (κ3) is 3.06. The quantitative estimate of drug-likeness (QED) is 0.816. The van der Waals surface area contributed by atoms with Gasteiger partial charge in [-0.2, -0.15) is 0 Å². The molecule has 3 rings (SSSR count). The van der Waals surface area contributed by atoms with Crippen LogP contribution in [0, 0.1) is 5.82 Å². The molecule has 112 valence electrons. The lowest BCUT2D eigenvalue weighted by Crippen LogP contribution is -2.41. The lowest BCUT2D eigenvalue weighted by Gasteiger charge is -2.26. The van der Waals surface area contributed by atoms with Crippen LogP contribution in [0.4, 0.5) is 21.5 Å². The smallest absolute Gasteiger partial charge is 0.247 e. The number of para-hydroxylation sites is 2. The average Bonchev–Trinajstić information content (AvgIpc) is 2.50. The molecule has 0 aromatic heterocycles. The van der Waals surface area contributed by atoms with Gasteiger partial charge in [0.25, 0.3) is 0 Å². The van der Waals surface area contributed by atoms with Crippen molar-refractivity contribution in [1.82, 2.24) is 0 Å². The summed E-state index contributed by atoms with van der Waals surface area (Å²) in [5.74, 6) is -0.950. The summed E-state index contributed by atoms with van der Waals surface area (Å²) in [4.78, 5) is 24.0. The van der Waals surface area contributed by atoms with E-state index in [9.17, 15) is 14.0 Å². The average molecular weight is 299 g/mol. The summed E-state index contributed by atoms with van der Waals surface area (Å²) < 4.78 is 12.8. The summed E-state index contributed by atoms with van der Waals surface area (Å²) in [6, 6.07) is 12.1. The maximum Gasteiger partial charge on any atom is 0.247 e. The van der Waals surface area contributed by atoms with E-state index in [1.54, 1.807) is 6.07 Å². The molecule has 2 amide bonds. The van der Waals surface area contributed by atoms with E-state index in [1.807, 2.05) is 18.2 Å². The molecule has 2 aromatic carbocycles.